The average Bonchev–Trinajstić information content (AvgIpc) is 3.07. The predicted molar refractivity (Wildman–Crippen MR) is 104 cm³/mol. The number of likely N-dealkylation sites (tertiary alicyclic amines) is 1. The van der Waals surface area contributed by atoms with E-state index in [4.69, 9.17) is 11.6 Å². The van der Waals surface area contributed by atoms with Crippen molar-refractivity contribution in [2.24, 2.45) is 0 Å². The summed E-state index contributed by atoms with van der Waals surface area (Å²) in [6, 6.07) is 5.21. The second-order valence-corrected chi connectivity index (χ2v) is 9.32. The van der Waals surface area contributed by atoms with Crippen LogP contribution >= 0.6 is 11.6 Å². The first-order valence-electron chi connectivity index (χ1n) is 9.24. The van der Waals surface area contributed by atoms with E-state index in [0.717, 1.165) is 32.4 Å². The molecule has 6 nitrogen and oxygen atoms in total. The third-order valence-corrected chi connectivity index (χ3v) is 7.40. The van der Waals surface area contributed by atoms with Gasteiger partial charge in [0.15, 0.2) is 0 Å². The Hall–Kier alpha value is -1.31. The largest absolute Gasteiger partial charge is 0.350 e. The number of likely N-dealkylation sites (N-methyl/N-ethyl adjacent to an activating group) is 1. The number of rotatable bonds is 5. The normalized spacial score (nSPS) is 23.2. The molecule has 2 aliphatic heterocycles. The molecule has 1 N–H and O–H groups in total. The van der Waals surface area contributed by atoms with Crippen LogP contribution in [0.5, 0.6) is 0 Å². The van der Waals surface area contributed by atoms with E-state index >= 15 is 0 Å². The number of anilines is 1. The maximum Gasteiger partial charge on any atom is 0.251 e. The number of hydrogen-bond donors (Lipinski definition) is 1. The lowest BCUT2D eigenvalue weighted by atomic mass is 10.1. The standard InChI is InChI=1S/C18H26ClN3O3S/c1-2-21-9-5-6-15(21)13-20-18(23)14-7-8-16(19)17(12-14)22-10-3-4-11-26(22,24)25/h7-8,12,15H,2-6,9-11,13H2,1H3,(H,20,23). The molecule has 2 aliphatic rings. The highest BCUT2D eigenvalue weighted by molar-refractivity contribution is 7.92. The molecule has 0 spiro atoms. The molecule has 2 fully saturated rings. The molecule has 2 saturated heterocycles. The van der Waals surface area contributed by atoms with Crippen molar-refractivity contribution in [2.75, 3.05) is 36.2 Å². The average molecular weight is 400 g/mol. The molecule has 8 heteroatoms. The van der Waals surface area contributed by atoms with Crippen molar-refractivity contribution in [2.45, 2.75) is 38.6 Å². The van der Waals surface area contributed by atoms with Crippen LogP contribution in [0.2, 0.25) is 5.02 Å². The fraction of sp³-hybridized carbons (Fsp3) is 0.611. The molecule has 1 amide bonds. The zero-order valence-electron chi connectivity index (χ0n) is 15.1. The minimum absolute atomic E-state index is 0.119. The van der Waals surface area contributed by atoms with Crippen LogP contribution in [-0.4, -0.2) is 57.2 Å². The Kier molecular flexibility index (Phi) is 6.10. The van der Waals surface area contributed by atoms with Crippen LogP contribution in [0.25, 0.3) is 0 Å². The van der Waals surface area contributed by atoms with Crippen LogP contribution in [0.4, 0.5) is 5.69 Å². The second kappa shape index (κ2) is 8.15. The number of carbonyl (C=O) groups excluding carboxylic acids is 1. The van der Waals surface area contributed by atoms with Crippen LogP contribution in [0.15, 0.2) is 18.2 Å². The topological polar surface area (TPSA) is 69.7 Å². The summed E-state index contributed by atoms with van der Waals surface area (Å²) in [5, 5.41) is 3.33. The Morgan fingerprint density at radius 2 is 2.08 bits per heavy atom. The SMILES string of the molecule is CCN1CCCC1CNC(=O)c1ccc(Cl)c(N2CCCCS2(=O)=O)c1. The van der Waals surface area contributed by atoms with E-state index in [9.17, 15) is 13.2 Å². The molecule has 0 bridgehead atoms. The highest BCUT2D eigenvalue weighted by atomic mass is 35.5. The molecule has 0 aliphatic carbocycles. The molecule has 3 rings (SSSR count). The van der Waals surface area contributed by atoms with Gasteiger partial charge in [-0.15, -0.1) is 0 Å². The van der Waals surface area contributed by atoms with Gasteiger partial charge in [0.05, 0.1) is 16.5 Å². The van der Waals surface area contributed by atoms with Gasteiger partial charge in [0.1, 0.15) is 0 Å². The van der Waals surface area contributed by atoms with Crippen LogP contribution in [0.1, 0.15) is 43.0 Å². The van der Waals surface area contributed by atoms with E-state index in [0.29, 0.717) is 41.8 Å². The lowest BCUT2D eigenvalue weighted by Gasteiger charge is -2.29. The van der Waals surface area contributed by atoms with Crippen molar-refractivity contribution < 1.29 is 13.2 Å². The monoisotopic (exact) mass is 399 g/mol. The van der Waals surface area contributed by atoms with Gasteiger partial charge in [-0.2, -0.15) is 0 Å². The molecule has 2 heterocycles. The molecule has 144 valence electrons. The highest BCUT2D eigenvalue weighted by Crippen LogP contribution is 2.31. The second-order valence-electron chi connectivity index (χ2n) is 6.90. The number of benzene rings is 1. The first-order valence-corrected chi connectivity index (χ1v) is 11.2. The molecule has 1 unspecified atom stereocenters. The molecule has 0 aromatic heterocycles. The Balaban J connectivity index is 1.73. The van der Waals surface area contributed by atoms with Crippen LogP contribution < -0.4 is 9.62 Å². The molecule has 1 aromatic carbocycles. The fourth-order valence-electron chi connectivity index (χ4n) is 3.76. The van der Waals surface area contributed by atoms with Gasteiger partial charge in [0.2, 0.25) is 10.0 Å². The van der Waals surface area contributed by atoms with Gasteiger partial charge < -0.3 is 5.32 Å². The number of nitrogens with zero attached hydrogens (tertiary/aromatic N) is 2. The van der Waals surface area contributed by atoms with Crippen molar-refractivity contribution in [3.05, 3.63) is 28.8 Å². The van der Waals surface area contributed by atoms with Gasteiger partial charge >= 0.3 is 0 Å². The summed E-state index contributed by atoms with van der Waals surface area (Å²) in [7, 11) is -3.37. The quantitative estimate of drug-likeness (QED) is 0.825. The number of amides is 1. The summed E-state index contributed by atoms with van der Waals surface area (Å²) in [6.45, 7) is 5.20. The number of nitrogens with one attached hydrogen (secondary N) is 1. The van der Waals surface area contributed by atoms with Crippen molar-refractivity contribution in [3.63, 3.8) is 0 Å². The predicted octanol–water partition coefficient (Wildman–Crippen LogP) is 2.48. The zero-order chi connectivity index (χ0) is 18.7. The van der Waals surface area contributed by atoms with Crippen LogP contribution in [0.3, 0.4) is 0 Å². The third-order valence-electron chi connectivity index (χ3n) is 5.23. The van der Waals surface area contributed by atoms with Crippen molar-refractivity contribution in [1.82, 2.24) is 10.2 Å². The van der Waals surface area contributed by atoms with Crippen LogP contribution in [0, 0.1) is 0 Å². The molecule has 1 aromatic rings. The van der Waals surface area contributed by atoms with Crippen molar-refractivity contribution in [1.29, 1.82) is 0 Å². The summed E-state index contributed by atoms with van der Waals surface area (Å²) < 4.78 is 26.0. The van der Waals surface area contributed by atoms with Gasteiger partial charge in [-0.1, -0.05) is 18.5 Å². The summed E-state index contributed by atoms with van der Waals surface area (Å²) in [5.74, 6) is -0.0749. The van der Waals surface area contributed by atoms with Crippen molar-refractivity contribution in [3.8, 4) is 0 Å². The maximum absolute atomic E-state index is 12.6. The number of halogens is 1. The molecule has 26 heavy (non-hydrogen) atoms. The summed E-state index contributed by atoms with van der Waals surface area (Å²) >= 11 is 6.24. The maximum atomic E-state index is 12.6. The highest BCUT2D eigenvalue weighted by Gasteiger charge is 2.28. The minimum Gasteiger partial charge on any atom is -0.350 e. The Morgan fingerprint density at radius 3 is 2.81 bits per heavy atom. The summed E-state index contributed by atoms with van der Waals surface area (Å²) in [5.41, 5.74) is 0.835. The van der Waals surface area contributed by atoms with Crippen molar-refractivity contribution >= 4 is 33.2 Å². The molecule has 0 saturated carbocycles. The number of hydrogen-bond acceptors (Lipinski definition) is 4. The molecular formula is C18H26ClN3O3S. The van der Waals surface area contributed by atoms with Gasteiger partial charge in [0.25, 0.3) is 5.91 Å². The lowest BCUT2D eigenvalue weighted by molar-refractivity contribution is 0.0941. The van der Waals surface area contributed by atoms with E-state index in [2.05, 4.69) is 17.1 Å². The van der Waals surface area contributed by atoms with E-state index in [1.54, 1.807) is 18.2 Å². The van der Waals surface area contributed by atoms with E-state index < -0.39 is 10.0 Å². The van der Waals surface area contributed by atoms with E-state index in [-0.39, 0.29) is 11.7 Å². The minimum atomic E-state index is -3.37. The molecule has 0 radical (unpaired) electrons. The van der Waals surface area contributed by atoms with Gasteiger partial charge in [0, 0.05) is 24.7 Å². The number of sulfonamides is 1. The first kappa shape index (κ1) is 19.5. The molecule has 1 atom stereocenters. The van der Waals surface area contributed by atoms with E-state index in [1.807, 2.05) is 0 Å². The number of carbonyl (C=O) groups is 1. The third kappa shape index (κ3) is 4.15. The Labute approximate surface area is 160 Å². The van der Waals surface area contributed by atoms with Gasteiger partial charge in [-0.3, -0.25) is 14.0 Å². The first-order chi connectivity index (χ1) is 12.4. The Morgan fingerprint density at radius 1 is 1.27 bits per heavy atom. The van der Waals surface area contributed by atoms with Gasteiger partial charge in [-0.25, -0.2) is 8.42 Å². The van der Waals surface area contributed by atoms with E-state index in [1.165, 1.54) is 4.31 Å². The summed E-state index contributed by atoms with van der Waals surface area (Å²) in [6.07, 6.45) is 3.70. The fourth-order valence-corrected chi connectivity index (χ4v) is 5.68. The Bertz CT molecular complexity index is 769. The smallest absolute Gasteiger partial charge is 0.251 e. The zero-order valence-corrected chi connectivity index (χ0v) is 16.7. The van der Waals surface area contributed by atoms with Crippen LogP contribution in [-0.2, 0) is 10.0 Å². The molecular weight excluding hydrogens is 374 g/mol. The lowest BCUT2D eigenvalue weighted by Crippen LogP contribution is -2.40. The van der Waals surface area contributed by atoms with Gasteiger partial charge in [-0.05, 0) is 57.0 Å². The summed E-state index contributed by atoms with van der Waals surface area (Å²) in [4.78, 5) is 14.9.